The third-order valence-corrected chi connectivity index (χ3v) is 8.86. The minimum absolute atomic E-state index is 0.0284. The summed E-state index contributed by atoms with van der Waals surface area (Å²) in [5.41, 5.74) is 2.45. The molecule has 3 N–H and O–H groups in total. The van der Waals surface area contributed by atoms with Crippen molar-refractivity contribution in [3.8, 4) is 0 Å². The molecule has 1 aromatic carbocycles. The third-order valence-electron chi connectivity index (χ3n) is 6.21. The number of nitrogens with zero attached hydrogens (tertiary/aromatic N) is 7. The van der Waals surface area contributed by atoms with E-state index >= 15 is 0 Å². The summed E-state index contributed by atoms with van der Waals surface area (Å²) in [6, 6.07) is 11.5. The Labute approximate surface area is 229 Å². The molecule has 4 aromatic heterocycles. The number of thiophene rings is 1. The van der Waals surface area contributed by atoms with Gasteiger partial charge in [-0.15, -0.1) is 20.5 Å². The van der Waals surface area contributed by atoms with Gasteiger partial charge >= 0.3 is 0 Å². The first kappa shape index (κ1) is 26.7. The molecule has 0 spiro atoms. The first-order valence-corrected chi connectivity index (χ1v) is 14.9. The van der Waals surface area contributed by atoms with Crippen molar-refractivity contribution in [1.82, 2.24) is 33.7 Å². The molecule has 4 heterocycles. The molecule has 0 saturated carbocycles. The van der Waals surface area contributed by atoms with Gasteiger partial charge in [-0.25, -0.2) is 9.97 Å². The van der Waals surface area contributed by atoms with Gasteiger partial charge in [0.15, 0.2) is 17.0 Å². The van der Waals surface area contributed by atoms with Crippen molar-refractivity contribution < 1.29 is 13.5 Å². The lowest BCUT2D eigenvalue weighted by molar-refractivity contribution is 0.271. The Hall–Kier alpha value is -3.88. The Balaban J connectivity index is 1.32. The highest BCUT2D eigenvalue weighted by molar-refractivity contribution is 7.90. The number of aliphatic hydroxyl groups is 1. The molecule has 5 rings (SSSR count). The Kier molecular flexibility index (Phi) is 8.14. The van der Waals surface area contributed by atoms with Gasteiger partial charge in [0.1, 0.15) is 17.6 Å². The number of aliphatic hydroxyl groups excluding tert-OH is 1. The summed E-state index contributed by atoms with van der Waals surface area (Å²) in [5.74, 6) is 1.03. The quantitative estimate of drug-likeness (QED) is 0.193. The van der Waals surface area contributed by atoms with Crippen molar-refractivity contribution in [2.45, 2.75) is 50.2 Å². The predicted molar refractivity (Wildman–Crippen MR) is 149 cm³/mol. The Morgan fingerprint density at radius 3 is 2.74 bits per heavy atom. The summed E-state index contributed by atoms with van der Waals surface area (Å²) < 4.78 is 28.1. The number of benzene rings is 1. The van der Waals surface area contributed by atoms with E-state index in [4.69, 9.17) is 4.98 Å². The molecule has 0 bridgehead atoms. The molecule has 39 heavy (non-hydrogen) atoms. The van der Waals surface area contributed by atoms with Crippen molar-refractivity contribution in [2.24, 2.45) is 0 Å². The molecule has 0 aliphatic heterocycles. The molecule has 12 nitrogen and oxygen atoms in total. The molecule has 0 fully saturated rings. The van der Waals surface area contributed by atoms with E-state index in [1.807, 2.05) is 41.8 Å². The average molecular weight is 568 g/mol. The number of anilines is 2. The van der Waals surface area contributed by atoms with Crippen LogP contribution in [0.2, 0.25) is 0 Å². The lowest BCUT2D eigenvalue weighted by Gasteiger charge is -2.15. The SMILES string of the molecule is CC[C@H](CO)Nc1nc(NCc2ccccc2)c2ncn(CCCc3cc(S(=O)(=O)n4cncn4)cs3)c2n1. The minimum Gasteiger partial charge on any atom is -0.394 e. The summed E-state index contributed by atoms with van der Waals surface area (Å²) in [5, 5.41) is 21.6. The zero-order valence-corrected chi connectivity index (χ0v) is 22.9. The molecular weight excluding hydrogens is 538 g/mol. The van der Waals surface area contributed by atoms with Crippen LogP contribution in [0.1, 0.15) is 30.2 Å². The third kappa shape index (κ3) is 6.08. The molecular formula is C25H29N9O3S2. The van der Waals surface area contributed by atoms with E-state index in [-0.39, 0.29) is 17.5 Å². The van der Waals surface area contributed by atoms with Crippen molar-refractivity contribution in [1.29, 1.82) is 0 Å². The van der Waals surface area contributed by atoms with Gasteiger partial charge in [0, 0.05) is 23.3 Å². The van der Waals surface area contributed by atoms with Gasteiger partial charge in [0.25, 0.3) is 10.0 Å². The standard InChI is InChI=1S/C25H29N9O3S2/c1-2-19(13-35)30-25-31-23(27-12-18-7-4-3-5-8-18)22-24(32-25)33(17-28-22)10-6-9-20-11-21(14-38-20)39(36,37)34-16-26-15-29-34/h3-5,7-8,11,14-17,19,35H,2,6,9-10,12-13H2,1H3,(H2,27,30,31,32)/t19-/m1/s1. The maximum absolute atomic E-state index is 12.7. The first-order valence-electron chi connectivity index (χ1n) is 12.5. The molecule has 1 atom stereocenters. The van der Waals surface area contributed by atoms with E-state index in [2.05, 4.69) is 30.7 Å². The molecule has 0 unspecified atom stereocenters. The second kappa shape index (κ2) is 11.9. The van der Waals surface area contributed by atoms with Gasteiger partial charge in [-0.3, -0.25) is 0 Å². The van der Waals surface area contributed by atoms with Crippen LogP contribution in [0, 0.1) is 0 Å². The maximum atomic E-state index is 12.7. The van der Waals surface area contributed by atoms with E-state index < -0.39 is 10.0 Å². The van der Waals surface area contributed by atoms with E-state index in [0.717, 1.165) is 27.4 Å². The zero-order valence-electron chi connectivity index (χ0n) is 21.3. The molecule has 204 valence electrons. The molecule has 0 amide bonds. The van der Waals surface area contributed by atoms with Crippen LogP contribution in [0.3, 0.4) is 0 Å². The maximum Gasteiger partial charge on any atom is 0.285 e. The van der Waals surface area contributed by atoms with Crippen LogP contribution in [-0.2, 0) is 29.5 Å². The number of hydrogen-bond acceptors (Lipinski definition) is 11. The molecule has 0 radical (unpaired) electrons. The molecule has 5 aromatic rings. The number of hydrogen-bond donors (Lipinski definition) is 3. The highest BCUT2D eigenvalue weighted by atomic mass is 32.2. The van der Waals surface area contributed by atoms with Gasteiger partial charge in [-0.05, 0) is 30.9 Å². The topological polar surface area (TPSA) is 153 Å². The lowest BCUT2D eigenvalue weighted by Crippen LogP contribution is -2.24. The van der Waals surface area contributed by atoms with Crippen LogP contribution in [0.4, 0.5) is 11.8 Å². The molecule has 14 heteroatoms. The van der Waals surface area contributed by atoms with Gasteiger partial charge in [-0.1, -0.05) is 37.3 Å². The lowest BCUT2D eigenvalue weighted by atomic mass is 10.2. The van der Waals surface area contributed by atoms with Crippen LogP contribution in [0.5, 0.6) is 0 Å². The van der Waals surface area contributed by atoms with Crippen molar-refractivity contribution in [2.75, 3.05) is 17.2 Å². The summed E-state index contributed by atoms with van der Waals surface area (Å²) >= 11 is 1.40. The minimum atomic E-state index is -3.73. The Bertz CT molecular complexity index is 1610. The monoisotopic (exact) mass is 567 g/mol. The second-order valence-corrected chi connectivity index (χ2v) is 11.7. The number of rotatable bonds is 13. The fourth-order valence-electron chi connectivity index (χ4n) is 4.02. The summed E-state index contributed by atoms with van der Waals surface area (Å²) in [4.78, 5) is 18.8. The fraction of sp³-hybridized carbons (Fsp3) is 0.320. The van der Waals surface area contributed by atoms with Gasteiger partial charge in [0.05, 0.1) is 19.0 Å². The fourth-order valence-corrected chi connectivity index (χ4v) is 6.37. The number of nitrogens with one attached hydrogen (secondary N) is 2. The van der Waals surface area contributed by atoms with Crippen molar-refractivity contribution >= 4 is 44.3 Å². The highest BCUT2D eigenvalue weighted by Crippen LogP contribution is 2.25. The molecule has 0 aliphatic carbocycles. The van der Waals surface area contributed by atoms with Crippen LogP contribution >= 0.6 is 11.3 Å². The van der Waals surface area contributed by atoms with Crippen molar-refractivity contribution in [3.63, 3.8) is 0 Å². The van der Waals surface area contributed by atoms with Crippen LogP contribution in [-0.4, -0.2) is 59.9 Å². The highest BCUT2D eigenvalue weighted by Gasteiger charge is 2.20. The van der Waals surface area contributed by atoms with Gasteiger partial charge < -0.3 is 20.3 Å². The first-order chi connectivity index (χ1) is 19.0. The van der Waals surface area contributed by atoms with E-state index in [1.165, 1.54) is 24.0 Å². The van der Waals surface area contributed by atoms with Crippen LogP contribution < -0.4 is 10.6 Å². The van der Waals surface area contributed by atoms with Gasteiger partial charge in [0.2, 0.25) is 5.95 Å². The average Bonchev–Trinajstić information content (AvgIpc) is 3.73. The number of aromatic nitrogens is 7. The van der Waals surface area contributed by atoms with Gasteiger partial charge in [-0.2, -0.15) is 18.4 Å². The smallest absolute Gasteiger partial charge is 0.285 e. The van der Waals surface area contributed by atoms with Crippen LogP contribution in [0.15, 0.2) is 65.7 Å². The van der Waals surface area contributed by atoms with E-state index in [0.29, 0.717) is 42.4 Å². The van der Waals surface area contributed by atoms with Crippen LogP contribution in [0.25, 0.3) is 11.2 Å². The summed E-state index contributed by atoms with van der Waals surface area (Å²) in [6.45, 7) is 3.16. The van der Waals surface area contributed by atoms with E-state index in [9.17, 15) is 13.5 Å². The van der Waals surface area contributed by atoms with Crippen molar-refractivity contribution in [3.05, 3.63) is 71.2 Å². The molecule has 0 saturated heterocycles. The summed E-state index contributed by atoms with van der Waals surface area (Å²) in [6.07, 6.45) is 6.28. The zero-order chi connectivity index (χ0) is 27.2. The largest absolute Gasteiger partial charge is 0.394 e. The number of fused-ring (bicyclic) bond motifs is 1. The number of aryl methyl sites for hydroxylation is 2. The summed E-state index contributed by atoms with van der Waals surface area (Å²) in [7, 11) is -3.73. The van der Waals surface area contributed by atoms with E-state index in [1.54, 1.807) is 17.8 Å². The predicted octanol–water partition coefficient (Wildman–Crippen LogP) is 3.14. The Morgan fingerprint density at radius 1 is 1.15 bits per heavy atom. The normalized spacial score (nSPS) is 12.6. The number of imidazole rings is 1. The Morgan fingerprint density at radius 2 is 2.00 bits per heavy atom. The molecule has 0 aliphatic rings. The second-order valence-electron chi connectivity index (χ2n) is 8.90.